The molecular formula is C19H19ClF3NO2. The average molecular weight is 386 g/mol. The largest absolute Gasteiger partial charge is 0.399 e. The predicted molar refractivity (Wildman–Crippen MR) is 94.3 cm³/mol. The maximum Gasteiger partial charge on any atom is 0.399 e. The van der Waals surface area contributed by atoms with Gasteiger partial charge < -0.3 is 15.2 Å². The summed E-state index contributed by atoms with van der Waals surface area (Å²) in [6.07, 6.45) is -5.19. The van der Waals surface area contributed by atoms with Crippen molar-refractivity contribution in [2.75, 3.05) is 18.9 Å². The van der Waals surface area contributed by atoms with E-state index >= 15 is 0 Å². The van der Waals surface area contributed by atoms with Crippen molar-refractivity contribution in [2.45, 2.75) is 32.2 Å². The molecule has 2 aromatic carbocycles. The average Bonchev–Trinajstić information content (AvgIpc) is 3.07. The van der Waals surface area contributed by atoms with Crippen LogP contribution >= 0.6 is 11.6 Å². The Balaban J connectivity index is 2.17. The minimum Gasteiger partial charge on any atom is -0.399 e. The Bertz CT molecular complexity index is 817. The Morgan fingerprint density at radius 1 is 1.12 bits per heavy atom. The van der Waals surface area contributed by atoms with Crippen LogP contribution in [0.25, 0.3) is 0 Å². The molecule has 0 radical (unpaired) electrons. The molecule has 0 amide bonds. The quantitative estimate of drug-likeness (QED) is 0.731. The van der Waals surface area contributed by atoms with Crippen LogP contribution in [0.5, 0.6) is 0 Å². The van der Waals surface area contributed by atoms with Crippen molar-refractivity contribution in [3.63, 3.8) is 0 Å². The van der Waals surface area contributed by atoms with Crippen molar-refractivity contribution in [1.29, 1.82) is 0 Å². The molecule has 2 N–H and O–H groups in total. The highest BCUT2D eigenvalue weighted by atomic mass is 35.5. The molecule has 3 rings (SSSR count). The van der Waals surface area contributed by atoms with Crippen LogP contribution in [0.1, 0.15) is 40.0 Å². The molecule has 0 aliphatic carbocycles. The lowest BCUT2D eigenvalue weighted by Gasteiger charge is -2.26. The molecule has 2 aromatic rings. The van der Waals surface area contributed by atoms with Crippen molar-refractivity contribution in [2.24, 2.45) is 0 Å². The number of hydrogen-bond acceptors (Lipinski definition) is 3. The first kappa shape index (κ1) is 19.0. The summed E-state index contributed by atoms with van der Waals surface area (Å²) in [5.74, 6) is -1.82. The van der Waals surface area contributed by atoms with Gasteiger partial charge in [-0.3, -0.25) is 0 Å². The number of nitrogen functional groups attached to an aromatic ring is 1. The third kappa shape index (κ3) is 3.68. The predicted octanol–water partition coefficient (Wildman–Crippen LogP) is 5.28. The lowest BCUT2D eigenvalue weighted by atomic mass is 9.85. The van der Waals surface area contributed by atoms with Gasteiger partial charge in [-0.05, 0) is 54.3 Å². The molecule has 0 bridgehead atoms. The van der Waals surface area contributed by atoms with Crippen LogP contribution in [0.3, 0.4) is 0 Å². The Kier molecular flexibility index (Phi) is 5.19. The molecule has 1 heterocycles. The van der Waals surface area contributed by atoms with Gasteiger partial charge >= 0.3 is 6.18 Å². The molecule has 1 atom stereocenters. The van der Waals surface area contributed by atoms with E-state index in [-0.39, 0.29) is 16.8 Å². The van der Waals surface area contributed by atoms with Crippen molar-refractivity contribution in [3.8, 4) is 0 Å². The van der Waals surface area contributed by atoms with E-state index in [1.54, 1.807) is 19.9 Å². The summed E-state index contributed by atoms with van der Waals surface area (Å²) in [6.45, 7) is 4.11. The summed E-state index contributed by atoms with van der Waals surface area (Å²) in [5, 5.41) is 0.424. The first-order valence-corrected chi connectivity index (χ1v) is 8.52. The SMILES string of the molecule is Cc1cc(C(c2cc(N)cc(C3OCCO3)c2C)C(F)(F)F)ccc1Cl. The fourth-order valence-electron chi connectivity index (χ4n) is 3.26. The second kappa shape index (κ2) is 7.10. The van der Waals surface area contributed by atoms with Crippen molar-refractivity contribution < 1.29 is 22.6 Å². The Hall–Kier alpha value is -1.76. The number of ether oxygens (including phenoxy) is 2. The van der Waals surface area contributed by atoms with E-state index in [4.69, 9.17) is 26.8 Å². The third-order valence-electron chi connectivity index (χ3n) is 4.54. The fourth-order valence-corrected chi connectivity index (χ4v) is 3.38. The van der Waals surface area contributed by atoms with Crippen molar-refractivity contribution in [3.05, 3.63) is 63.2 Å². The molecule has 1 aliphatic rings. The number of nitrogens with two attached hydrogens (primary N) is 1. The molecule has 3 nitrogen and oxygen atoms in total. The highest BCUT2D eigenvalue weighted by molar-refractivity contribution is 6.31. The molecule has 0 aromatic heterocycles. The van der Waals surface area contributed by atoms with E-state index < -0.39 is 18.4 Å². The van der Waals surface area contributed by atoms with Gasteiger partial charge in [-0.25, -0.2) is 0 Å². The minimum atomic E-state index is -4.49. The minimum absolute atomic E-state index is 0.0910. The number of hydrogen-bond donors (Lipinski definition) is 1. The molecule has 1 unspecified atom stereocenters. The normalized spacial score (nSPS) is 16.8. The molecule has 1 saturated heterocycles. The van der Waals surface area contributed by atoms with Crippen LogP contribution in [0, 0.1) is 13.8 Å². The zero-order chi connectivity index (χ0) is 19.1. The highest BCUT2D eigenvalue weighted by Crippen LogP contribution is 2.44. The zero-order valence-electron chi connectivity index (χ0n) is 14.4. The van der Waals surface area contributed by atoms with Gasteiger partial charge in [-0.2, -0.15) is 13.2 Å². The monoisotopic (exact) mass is 385 g/mol. The molecule has 26 heavy (non-hydrogen) atoms. The lowest BCUT2D eigenvalue weighted by molar-refractivity contribution is -0.141. The maximum atomic E-state index is 14.0. The van der Waals surface area contributed by atoms with Gasteiger partial charge in [0, 0.05) is 16.3 Å². The highest BCUT2D eigenvalue weighted by Gasteiger charge is 2.43. The van der Waals surface area contributed by atoms with Crippen LogP contribution in [-0.2, 0) is 9.47 Å². The molecule has 1 aliphatic heterocycles. The van der Waals surface area contributed by atoms with E-state index in [2.05, 4.69) is 0 Å². The standard InChI is InChI=1S/C19H19ClF3NO2/c1-10-7-12(3-4-16(10)20)17(19(21,22)23)14-8-13(24)9-15(11(14)2)18-25-5-6-26-18/h3-4,7-9,17-18H,5-6,24H2,1-2H3. The second-order valence-corrected chi connectivity index (χ2v) is 6.79. The van der Waals surface area contributed by atoms with Crippen LogP contribution in [-0.4, -0.2) is 19.4 Å². The second-order valence-electron chi connectivity index (χ2n) is 6.38. The Morgan fingerprint density at radius 2 is 1.77 bits per heavy atom. The first-order valence-electron chi connectivity index (χ1n) is 8.14. The van der Waals surface area contributed by atoms with Crippen molar-refractivity contribution >= 4 is 17.3 Å². The summed E-state index contributed by atoms with van der Waals surface area (Å²) in [6, 6.07) is 7.33. The van der Waals surface area contributed by atoms with Gasteiger partial charge in [0.1, 0.15) is 5.92 Å². The summed E-state index contributed by atoms with van der Waals surface area (Å²) in [7, 11) is 0. The van der Waals surface area contributed by atoms with E-state index in [1.165, 1.54) is 24.3 Å². The maximum absolute atomic E-state index is 14.0. The number of rotatable bonds is 3. The van der Waals surface area contributed by atoms with Gasteiger partial charge in [-0.15, -0.1) is 0 Å². The zero-order valence-corrected chi connectivity index (χ0v) is 15.1. The summed E-state index contributed by atoms with van der Waals surface area (Å²) >= 11 is 5.98. The van der Waals surface area contributed by atoms with E-state index in [0.717, 1.165) is 0 Å². The number of alkyl halides is 3. The van der Waals surface area contributed by atoms with Gasteiger partial charge in [0.15, 0.2) is 6.29 Å². The van der Waals surface area contributed by atoms with Gasteiger partial charge in [-0.1, -0.05) is 23.7 Å². The fraction of sp³-hybridized carbons (Fsp3) is 0.368. The van der Waals surface area contributed by atoms with E-state index in [0.29, 0.717) is 34.9 Å². The molecule has 140 valence electrons. The van der Waals surface area contributed by atoms with Gasteiger partial charge in [0.25, 0.3) is 0 Å². The number of aryl methyl sites for hydroxylation is 1. The molecule has 1 fully saturated rings. The number of halogens is 4. The molecular weight excluding hydrogens is 367 g/mol. The Labute approximate surface area is 154 Å². The molecule has 7 heteroatoms. The third-order valence-corrected chi connectivity index (χ3v) is 4.96. The van der Waals surface area contributed by atoms with Crippen molar-refractivity contribution in [1.82, 2.24) is 0 Å². The number of anilines is 1. The van der Waals surface area contributed by atoms with Gasteiger partial charge in [0.05, 0.1) is 13.2 Å². The topological polar surface area (TPSA) is 44.5 Å². The lowest BCUT2D eigenvalue weighted by Crippen LogP contribution is -2.24. The smallest absolute Gasteiger partial charge is 0.399 e. The molecule has 0 saturated carbocycles. The Morgan fingerprint density at radius 3 is 2.35 bits per heavy atom. The molecule has 0 spiro atoms. The van der Waals surface area contributed by atoms with Gasteiger partial charge in [0.2, 0.25) is 0 Å². The van der Waals surface area contributed by atoms with Crippen LogP contribution in [0.4, 0.5) is 18.9 Å². The van der Waals surface area contributed by atoms with E-state index in [1.807, 2.05) is 0 Å². The van der Waals surface area contributed by atoms with Crippen LogP contribution < -0.4 is 5.73 Å². The van der Waals surface area contributed by atoms with E-state index in [9.17, 15) is 13.2 Å². The first-order chi connectivity index (χ1) is 12.2. The summed E-state index contributed by atoms with van der Waals surface area (Å²) < 4.78 is 52.9. The van der Waals surface area contributed by atoms with Crippen LogP contribution in [0.2, 0.25) is 5.02 Å². The van der Waals surface area contributed by atoms with Crippen LogP contribution in [0.15, 0.2) is 30.3 Å². The number of benzene rings is 2. The summed E-state index contributed by atoms with van der Waals surface area (Å²) in [4.78, 5) is 0. The summed E-state index contributed by atoms with van der Waals surface area (Å²) in [5.41, 5.74) is 7.92.